The van der Waals surface area contributed by atoms with Gasteiger partial charge in [0.15, 0.2) is 0 Å². The zero-order valence-corrected chi connectivity index (χ0v) is 6.30. The van der Waals surface area contributed by atoms with Crippen LogP contribution in [-0.4, -0.2) is 23.5 Å². The van der Waals surface area contributed by atoms with Crippen molar-refractivity contribution in [1.29, 1.82) is 5.26 Å². The highest BCUT2D eigenvalue weighted by Crippen LogP contribution is 2.19. The number of nitriles is 1. The molecule has 1 rings (SSSR count). The lowest BCUT2D eigenvalue weighted by Crippen LogP contribution is -2.40. The first-order valence-electron chi connectivity index (χ1n) is 4.77. The summed E-state index contributed by atoms with van der Waals surface area (Å²) in [6.45, 7) is 2.32. The van der Waals surface area contributed by atoms with Gasteiger partial charge in [-0.25, -0.2) is 0 Å². The van der Waals surface area contributed by atoms with Gasteiger partial charge in [-0.15, -0.1) is 0 Å². The molecule has 1 heterocycles. The van der Waals surface area contributed by atoms with E-state index in [9.17, 15) is 0 Å². The van der Waals surface area contributed by atoms with Gasteiger partial charge in [0, 0.05) is 2.74 Å². The van der Waals surface area contributed by atoms with E-state index in [1.54, 1.807) is 6.92 Å². The second kappa shape index (κ2) is 2.59. The van der Waals surface area contributed by atoms with Crippen molar-refractivity contribution in [3.63, 3.8) is 0 Å². The van der Waals surface area contributed by atoms with Crippen molar-refractivity contribution in [2.45, 2.75) is 32.2 Å². The molecule has 0 N–H and O–H groups in total. The Morgan fingerprint density at radius 2 is 2.20 bits per heavy atom. The van der Waals surface area contributed by atoms with E-state index in [-0.39, 0.29) is 0 Å². The van der Waals surface area contributed by atoms with Gasteiger partial charge in [0.05, 0.1) is 6.07 Å². The van der Waals surface area contributed by atoms with Gasteiger partial charge in [0.1, 0.15) is 5.54 Å². The van der Waals surface area contributed by atoms with Gasteiger partial charge < -0.3 is 0 Å². The van der Waals surface area contributed by atoms with Crippen LogP contribution < -0.4 is 0 Å². The monoisotopic (exact) mass is 140 g/mol. The van der Waals surface area contributed by atoms with Gasteiger partial charge in [-0.1, -0.05) is 0 Å². The first-order chi connectivity index (χ1) is 5.61. The molecule has 1 atom stereocenters. The highest BCUT2D eigenvalue weighted by molar-refractivity contribution is 5.02. The average Bonchev–Trinajstić information content (AvgIpc) is 2.54. The highest BCUT2D eigenvalue weighted by atomic mass is 15.2. The molecule has 0 aromatic carbocycles. The van der Waals surface area contributed by atoms with Crippen LogP contribution >= 0.6 is 0 Å². The van der Waals surface area contributed by atoms with Crippen molar-refractivity contribution in [1.82, 2.24) is 4.90 Å². The molecule has 0 aromatic heterocycles. The van der Waals surface area contributed by atoms with E-state index in [4.69, 9.17) is 8.00 Å². The van der Waals surface area contributed by atoms with Crippen molar-refractivity contribution >= 4 is 0 Å². The largest absolute Gasteiger partial charge is 0.286 e. The van der Waals surface area contributed by atoms with Crippen LogP contribution in [0, 0.1) is 11.3 Å². The molecule has 10 heavy (non-hydrogen) atoms. The lowest BCUT2D eigenvalue weighted by molar-refractivity contribution is 0.211. The number of rotatable bonds is 1. The molecule has 1 fully saturated rings. The number of hydrogen-bond acceptors (Lipinski definition) is 2. The van der Waals surface area contributed by atoms with E-state index in [2.05, 4.69) is 6.07 Å². The second-order valence-electron chi connectivity index (χ2n) is 2.95. The van der Waals surface area contributed by atoms with Gasteiger partial charge in [-0.2, -0.15) is 5.26 Å². The first-order valence-corrected chi connectivity index (χ1v) is 3.62. The van der Waals surface area contributed by atoms with E-state index >= 15 is 0 Å². The average molecular weight is 140 g/mol. The summed E-state index contributed by atoms with van der Waals surface area (Å²) in [5.74, 6) is 0. The Balaban J connectivity index is 2.73. The summed E-state index contributed by atoms with van der Waals surface area (Å²) in [6.07, 6.45) is 2.17. The molecule has 0 aromatic rings. The summed E-state index contributed by atoms with van der Waals surface area (Å²) in [7, 11) is 0. The van der Waals surface area contributed by atoms with Crippen molar-refractivity contribution < 1.29 is 2.74 Å². The zero-order valence-electron chi connectivity index (χ0n) is 8.30. The van der Waals surface area contributed by atoms with E-state index in [1.807, 2.05) is 4.90 Å². The summed E-state index contributed by atoms with van der Waals surface area (Å²) >= 11 is 0. The number of likely N-dealkylation sites (tertiary alicyclic amines) is 1. The van der Waals surface area contributed by atoms with E-state index < -0.39 is 12.4 Å². The summed E-state index contributed by atoms with van der Waals surface area (Å²) in [4.78, 5) is 1.94. The molecule has 2 heteroatoms. The Morgan fingerprint density at radius 3 is 2.60 bits per heavy atom. The predicted molar refractivity (Wildman–Crippen MR) is 40.5 cm³/mol. The fourth-order valence-corrected chi connectivity index (χ4v) is 1.25. The Labute approximate surface area is 65.3 Å². The summed E-state index contributed by atoms with van der Waals surface area (Å²) in [5.41, 5.74) is -0.906. The van der Waals surface area contributed by atoms with Gasteiger partial charge in [-0.3, -0.25) is 4.90 Å². The Bertz CT molecular complexity index is 194. The zero-order chi connectivity index (χ0) is 9.19. The van der Waals surface area contributed by atoms with Crippen molar-refractivity contribution in [3.8, 4) is 6.07 Å². The van der Waals surface area contributed by atoms with Crippen LogP contribution in [0.5, 0.6) is 0 Å². The molecule has 56 valence electrons. The van der Waals surface area contributed by atoms with Crippen LogP contribution in [0.2, 0.25) is 0 Å². The number of hydrogen-bond donors (Lipinski definition) is 0. The maximum Gasteiger partial charge on any atom is 0.103 e. The lowest BCUT2D eigenvalue weighted by atomic mass is 10.1. The van der Waals surface area contributed by atoms with Crippen LogP contribution in [0.1, 0.15) is 29.4 Å². The summed E-state index contributed by atoms with van der Waals surface area (Å²) in [6, 6.07) is 2.07. The molecule has 1 aliphatic heterocycles. The maximum absolute atomic E-state index is 8.88. The standard InChI is InChI=1S/C8H14N2/c1-8(2,7-9)10-5-3-4-6-10/h3-6H2,1-2H3/i1D2. The Morgan fingerprint density at radius 1 is 1.60 bits per heavy atom. The molecule has 1 aliphatic rings. The molecule has 2 nitrogen and oxygen atoms in total. The van der Waals surface area contributed by atoms with E-state index in [0.717, 1.165) is 25.9 Å². The summed E-state index contributed by atoms with van der Waals surface area (Å²) in [5, 5.41) is 8.88. The molecule has 0 aliphatic carbocycles. The van der Waals surface area contributed by atoms with Gasteiger partial charge >= 0.3 is 0 Å². The molecule has 0 bridgehead atoms. The minimum atomic E-state index is -1.08. The topological polar surface area (TPSA) is 27.0 Å². The third-order valence-corrected chi connectivity index (χ3v) is 1.99. The SMILES string of the molecule is [2H]C([2H])C(C)(C#N)N1CCCC1. The van der Waals surface area contributed by atoms with Crippen molar-refractivity contribution in [2.75, 3.05) is 13.1 Å². The minimum absolute atomic E-state index is 0.859. The minimum Gasteiger partial charge on any atom is -0.286 e. The quantitative estimate of drug-likeness (QED) is 0.550. The maximum atomic E-state index is 8.88. The second-order valence-corrected chi connectivity index (χ2v) is 2.95. The molecular weight excluding hydrogens is 124 g/mol. The van der Waals surface area contributed by atoms with Gasteiger partial charge in [0.2, 0.25) is 0 Å². The van der Waals surface area contributed by atoms with Crippen LogP contribution in [0.4, 0.5) is 0 Å². The first kappa shape index (κ1) is 5.15. The summed E-state index contributed by atoms with van der Waals surface area (Å²) < 4.78 is 14.6. The van der Waals surface area contributed by atoms with Crippen molar-refractivity contribution in [2.24, 2.45) is 0 Å². The number of nitrogens with zero attached hydrogens (tertiary/aromatic N) is 2. The Kier molecular flexibility index (Phi) is 1.33. The predicted octanol–water partition coefficient (Wildman–Crippen LogP) is 1.38. The molecular formula is C8H14N2. The lowest BCUT2D eigenvalue weighted by Gasteiger charge is -2.27. The van der Waals surface area contributed by atoms with Crippen molar-refractivity contribution in [3.05, 3.63) is 0 Å². The third kappa shape index (κ3) is 1.30. The normalized spacial score (nSPS) is 28.9. The fraction of sp³-hybridized carbons (Fsp3) is 0.875. The molecule has 1 saturated heterocycles. The molecule has 0 amide bonds. The van der Waals surface area contributed by atoms with Crippen LogP contribution in [0.25, 0.3) is 0 Å². The molecule has 0 saturated carbocycles. The fourth-order valence-electron chi connectivity index (χ4n) is 1.25. The van der Waals surface area contributed by atoms with Gasteiger partial charge in [0.25, 0.3) is 0 Å². The van der Waals surface area contributed by atoms with E-state index in [0.29, 0.717) is 0 Å². The van der Waals surface area contributed by atoms with E-state index in [1.165, 1.54) is 0 Å². The van der Waals surface area contributed by atoms with Gasteiger partial charge in [-0.05, 0) is 39.7 Å². The molecule has 0 spiro atoms. The Hall–Kier alpha value is -0.550. The van der Waals surface area contributed by atoms with Crippen LogP contribution in [0.3, 0.4) is 0 Å². The van der Waals surface area contributed by atoms with Crippen LogP contribution in [0.15, 0.2) is 0 Å². The third-order valence-electron chi connectivity index (χ3n) is 1.99. The highest BCUT2D eigenvalue weighted by Gasteiger charge is 2.28. The molecule has 1 unspecified atom stereocenters. The molecule has 0 radical (unpaired) electrons. The van der Waals surface area contributed by atoms with Crippen LogP contribution in [-0.2, 0) is 0 Å². The smallest absolute Gasteiger partial charge is 0.103 e.